The number of amides is 1. The third kappa shape index (κ3) is 5.18. The second kappa shape index (κ2) is 8.05. The van der Waals surface area contributed by atoms with Gasteiger partial charge < -0.3 is 19.6 Å². The Morgan fingerprint density at radius 1 is 1.35 bits per heavy atom. The van der Waals surface area contributed by atoms with Crippen molar-refractivity contribution in [1.29, 1.82) is 0 Å². The van der Waals surface area contributed by atoms with Crippen molar-refractivity contribution in [2.45, 2.75) is 37.3 Å². The first kappa shape index (κ1) is 18.7. The average molecular weight is 394 g/mol. The molecule has 3 rings (SSSR count). The van der Waals surface area contributed by atoms with Crippen LogP contribution in [0.3, 0.4) is 0 Å². The molecule has 1 fully saturated rings. The van der Waals surface area contributed by atoms with E-state index in [4.69, 9.17) is 32.4 Å². The Kier molecular flexibility index (Phi) is 5.77. The van der Waals surface area contributed by atoms with E-state index in [1.54, 1.807) is 18.2 Å². The van der Waals surface area contributed by atoms with Gasteiger partial charge in [0.05, 0.1) is 0 Å². The normalized spacial score (nSPS) is 22.2. The van der Waals surface area contributed by atoms with Gasteiger partial charge in [-0.25, -0.2) is 4.79 Å². The molecule has 2 aromatic rings. The van der Waals surface area contributed by atoms with Crippen LogP contribution in [0.25, 0.3) is 0 Å². The quantitative estimate of drug-likeness (QED) is 0.741. The number of ether oxygens (including phenoxy) is 1. The number of rotatable bonds is 2. The molecule has 5 nitrogen and oxygen atoms in total. The van der Waals surface area contributed by atoms with E-state index >= 15 is 0 Å². The van der Waals surface area contributed by atoms with Crippen LogP contribution in [0, 0.1) is 11.8 Å². The Labute approximate surface area is 161 Å². The standard InChI is InChI=1S/C19H17Cl2NO4/c20-14-4-1-3-13(11-14)8-10-19(24)9-2-5-15(12-19)22-18(23)26-17-7-6-16(21)25-17/h1,3-4,6-7,11,15,24H,2,5,9,12H2,(H,22,23)/t15-,19+/m1/s1. The zero-order valence-corrected chi connectivity index (χ0v) is 15.3. The Morgan fingerprint density at radius 2 is 2.19 bits per heavy atom. The molecular weight excluding hydrogens is 377 g/mol. The first-order valence-corrected chi connectivity index (χ1v) is 8.92. The summed E-state index contributed by atoms with van der Waals surface area (Å²) in [5.41, 5.74) is -0.443. The summed E-state index contributed by atoms with van der Waals surface area (Å²) in [6.07, 6.45) is 1.66. The average Bonchev–Trinajstić information content (AvgIpc) is 2.98. The lowest BCUT2D eigenvalue weighted by Gasteiger charge is -2.33. The molecule has 136 valence electrons. The van der Waals surface area contributed by atoms with E-state index in [2.05, 4.69) is 17.2 Å². The molecule has 0 radical (unpaired) electrons. The van der Waals surface area contributed by atoms with Crippen molar-refractivity contribution in [3.05, 3.63) is 52.2 Å². The fourth-order valence-electron chi connectivity index (χ4n) is 2.88. The summed E-state index contributed by atoms with van der Waals surface area (Å²) >= 11 is 11.6. The van der Waals surface area contributed by atoms with Gasteiger partial charge in [0.1, 0.15) is 5.60 Å². The number of aliphatic hydroxyl groups is 1. The molecule has 0 spiro atoms. The summed E-state index contributed by atoms with van der Waals surface area (Å²) in [6.45, 7) is 0. The van der Waals surface area contributed by atoms with Gasteiger partial charge in [-0.15, -0.1) is 0 Å². The van der Waals surface area contributed by atoms with Crippen molar-refractivity contribution in [3.63, 3.8) is 0 Å². The minimum Gasteiger partial charge on any atom is -0.413 e. The molecule has 1 amide bonds. The van der Waals surface area contributed by atoms with Crippen LogP contribution in [0.4, 0.5) is 4.79 Å². The first-order chi connectivity index (χ1) is 12.4. The van der Waals surface area contributed by atoms with E-state index in [-0.39, 0.29) is 17.2 Å². The summed E-state index contributed by atoms with van der Waals surface area (Å²) in [4.78, 5) is 11.9. The summed E-state index contributed by atoms with van der Waals surface area (Å²) < 4.78 is 10.00. The Morgan fingerprint density at radius 3 is 2.92 bits per heavy atom. The molecule has 0 unspecified atom stereocenters. The highest BCUT2D eigenvalue weighted by Gasteiger charge is 2.34. The van der Waals surface area contributed by atoms with Crippen molar-refractivity contribution in [2.75, 3.05) is 0 Å². The van der Waals surface area contributed by atoms with Gasteiger partial charge in [0.25, 0.3) is 5.95 Å². The van der Waals surface area contributed by atoms with Crippen molar-refractivity contribution in [2.24, 2.45) is 0 Å². The molecule has 0 saturated heterocycles. The lowest BCUT2D eigenvalue weighted by molar-refractivity contribution is 0.0470. The van der Waals surface area contributed by atoms with E-state index in [1.165, 1.54) is 12.1 Å². The van der Waals surface area contributed by atoms with Crippen molar-refractivity contribution >= 4 is 29.3 Å². The molecule has 7 heteroatoms. The van der Waals surface area contributed by atoms with Crippen LogP contribution in [-0.2, 0) is 0 Å². The highest BCUT2D eigenvalue weighted by Crippen LogP contribution is 2.28. The summed E-state index contributed by atoms with van der Waals surface area (Å²) in [7, 11) is 0. The van der Waals surface area contributed by atoms with E-state index in [9.17, 15) is 9.90 Å². The van der Waals surface area contributed by atoms with E-state index in [0.29, 0.717) is 17.9 Å². The van der Waals surface area contributed by atoms with Crippen LogP contribution < -0.4 is 10.1 Å². The Bertz CT molecular complexity index is 854. The van der Waals surface area contributed by atoms with E-state index < -0.39 is 11.7 Å². The topological polar surface area (TPSA) is 71.7 Å². The number of furan rings is 1. The smallest absolute Gasteiger partial charge is 0.413 e. The number of halogens is 2. The number of benzene rings is 1. The molecule has 1 aliphatic rings. The van der Waals surface area contributed by atoms with Crippen LogP contribution >= 0.6 is 23.2 Å². The largest absolute Gasteiger partial charge is 0.415 e. The van der Waals surface area contributed by atoms with Gasteiger partial charge in [-0.2, -0.15) is 0 Å². The van der Waals surface area contributed by atoms with Crippen molar-refractivity contribution in [1.82, 2.24) is 5.32 Å². The highest BCUT2D eigenvalue weighted by atomic mass is 35.5. The number of hydrogen-bond acceptors (Lipinski definition) is 4. The molecule has 1 aromatic carbocycles. The predicted molar refractivity (Wildman–Crippen MR) is 98.4 cm³/mol. The molecule has 1 heterocycles. The molecule has 26 heavy (non-hydrogen) atoms. The summed E-state index contributed by atoms with van der Waals surface area (Å²) in [5, 5.41) is 14.2. The third-order valence-electron chi connectivity index (χ3n) is 4.05. The van der Waals surface area contributed by atoms with Gasteiger partial charge in [0.15, 0.2) is 5.22 Å². The SMILES string of the molecule is O=C(N[C@@H]1CCC[C@](O)(C#Cc2cccc(Cl)c2)C1)Oc1ccc(Cl)o1. The van der Waals surface area contributed by atoms with Gasteiger partial charge in [0, 0.05) is 35.2 Å². The minimum atomic E-state index is -1.17. The zero-order valence-electron chi connectivity index (χ0n) is 13.8. The predicted octanol–water partition coefficient (Wildman–Crippen LogP) is 4.40. The van der Waals surface area contributed by atoms with Crippen molar-refractivity contribution < 1.29 is 19.1 Å². The van der Waals surface area contributed by atoms with Gasteiger partial charge >= 0.3 is 6.09 Å². The molecule has 2 N–H and O–H groups in total. The molecule has 1 saturated carbocycles. The number of nitrogens with one attached hydrogen (secondary N) is 1. The van der Waals surface area contributed by atoms with Crippen molar-refractivity contribution in [3.8, 4) is 17.8 Å². The van der Waals surface area contributed by atoms with Crippen LogP contribution in [0.5, 0.6) is 5.95 Å². The summed E-state index contributed by atoms with van der Waals surface area (Å²) in [5.74, 6) is 5.88. The van der Waals surface area contributed by atoms with Crippen LogP contribution in [0.15, 0.2) is 40.8 Å². The molecule has 0 bridgehead atoms. The van der Waals surface area contributed by atoms with Gasteiger partial charge in [0.2, 0.25) is 0 Å². The third-order valence-corrected chi connectivity index (χ3v) is 4.49. The lowest BCUT2D eigenvalue weighted by atomic mass is 9.82. The number of carbonyl (C=O) groups is 1. The van der Waals surface area contributed by atoms with Crippen LogP contribution in [-0.4, -0.2) is 22.8 Å². The lowest BCUT2D eigenvalue weighted by Crippen LogP contribution is -2.46. The fourth-order valence-corrected chi connectivity index (χ4v) is 3.21. The van der Waals surface area contributed by atoms with Crippen LogP contribution in [0.1, 0.15) is 31.2 Å². The Hall–Kier alpha value is -2.13. The molecule has 2 atom stereocenters. The molecule has 1 aromatic heterocycles. The fraction of sp³-hybridized carbons (Fsp3) is 0.316. The zero-order chi connectivity index (χ0) is 18.6. The molecule has 1 aliphatic carbocycles. The number of carbonyl (C=O) groups excluding carboxylic acids is 1. The summed E-state index contributed by atoms with van der Waals surface area (Å²) in [6, 6.07) is 9.82. The maximum Gasteiger partial charge on any atom is 0.415 e. The van der Waals surface area contributed by atoms with Crippen LogP contribution in [0.2, 0.25) is 10.2 Å². The molecule has 0 aliphatic heterocycles. The minimum absolute atomic E-state index is 0.0133. The molecular formula is C19H17Cl2NO4. The second-order valence-electron chi connectivity index (χ2n) is 6.18. The Balaban J connectivity index is 1.60. The maximum absolute atomic E-state index is 11.9. The van der Waals surface area contributed by atoms with E-state index in [1.807, 2.05) is 6.07 Å². The monoisotopic (exact) mass is 393 g/mol. The van der Waals surface area contributed by atoms with Gasteiger partial charge in [-0.05, 0) is 49.1 Å². The van der Waals surface area contributed by atoms with Gasteiger partial charge in [-0.1, -0.05) is 29.5 Å². The number of hydrogen-bond donors (Lipinski definition) is 2. The maximum atomic E-state index is 11.9. The van der Waals surface area contributed by atoms with E-state index in [0.717, 1.165) is 18.4 Å². The van der Waals surface area contributed by atoms with Gasteiger partial charge in [-0.3, -0.25) is 0 Å². The second-order valence-corrected chi connectivity index (χ2v) is 6.99. The first-order valence-electron chi connectivity index (χ1n) is 8.17. The highest BCUT2D eigenvalue weighted by molar-refractivity contribution is 6.30.